The molecule has 152 valence electrons. The van der Waals surface area contributed by atoms with Crippen LogP contribution in [0.3, 0.4) is 0 Å². The Labute approximate surface area is 169 Å². The van der Waals surface area contributed by atoms with Gasteiger partial charge >= 0.3 is 0 Å². The van der Waals surface area contributed by atoms with Crippen molar-refractivity contribution in [2.45, 2.75) is 13.0 Å². The zero-order valence-electron chi connectivity index (χ0n) is 16.5. The third kappa shape index (κ3) is 4.66. The lowest BCUT2D eigenvalue weighted by molar-refractivity contribution is -0.134. The summed E-state index contributed by atoms with van der Waals surface area (Å²) >= 11 is 0. The predicted molar refractivity (Wildman–Crippen MR) is 108 cm³/mol. The Bertz CT molecular complexity index is 913. The number of fused-ring (bicyclic) bond motifs is 1. The first-order valence-corrected chi connectivity index (χ1v) is 9.14. The first-order valence-electron chi connectivity index (χ1n) is 9.14. The molecule has 3 amide bonds. The molecule has 0 radical (unpaired) electrons. The highest BCUT2D eigenvalue weighted by molar-refractivity contribution is 6.04. The van der Waals surface area contributed by atoms with Crippen LogP contribution < -0.4 is 19.7 Å². The van der Waals surface area contributed by atoms with Crippen LogP contribution in [0.2, 0.25) is 0 Å². The fourth-order valence-corrected chi connectivity index (χ4v) is 2.96. The lowest BCUT2D eigenvalue weighted by atomic mass is 10.2. The van der Waals surface area contributed by atoms with Gasteiger partial charge in [0.2, 0.25) is 11.8 Å². The normalized spacial score (nSPS) is 15.2. The second-order valence-electron chi connectivity index (χ2n) is 6.68. The van der Waals surface area contributed by atoms with Crippen molar-refractivity contribution < 1.29 is 23.9 Å². The molecule has 1 aliphatic rings. The molecule has 1 aliphatic heterocycles. The van der Waals surface area contributed by atoms with E-state index in [1.807, 2.05) is 0 Å². The van der Waals surface area contributed by atoms with Crippen molar-refractivity contribution in [3.8, 4) is 11.5 Å². The molecule has 0 aromatic heterocycles. The zero-order valence-corrected chi connectivity index (χ0v) is 16.5. The lowest BCUT2D eigenvalue weighted by Crippen LogP contribution is -2.49. The van der Waals surface area contributed by atoms with E-state index in [0.29, 0.717) is 22.9 Å². The maximum atomic E-state index is 12.6. The van der Waals surface area contributed by atoms with Crippen LogP contribution in [0.1, 0.15) is 6.92 Å². The van der Waals surface area contributed by atoms with Gasteiger partial charge in [0.1, 0.15) is 18.0 Å². The summed E-state index contributed by atoms with van der Waals surface area (Å²) in [5.74, 6) is 0.237. The lowest BCUT2D eigenvalue weighted by Gasteiger charge is -2.33. The molecule has 29 heavy (non-hydrogen) atoms. The molecule has 1 atom stereocenters. The average molecular weight is 397 g/mol. The number of nitrogens with zero attached hydrogens (tertiary/aromatic N) is 2. The minimum absolute atomic E-state index is 0.138. The molecular weight excluding hydrogens is 374 g/mol. The van der Waals surface area contributed by atoms with Gasteiger partial charge in [-0.3, -0.25) is 19.3 Å². The van der Waals surface area contributed by atoms with Crippen LogP contribution in [-0.4, -0.2) is 56.0 Å². The summed E-state index contributed by atoms with van der Waals surface area (Å²) in [5, 5.41) is 2.73. The Morgan fingerprint density at radius 3 is 2.55 bits per heavy atom. The van der Waals surface area contributed by atoms with Gasteiger partial charge in [0.25, 0.3) is 5.91 Å². The number of methoxy groups -OCH3 is 1. The molecule has 1 unspecified atom stereocenters. The van der Waals surface area contributed by atoms with Crippen molar-refractivity contribution in [3.63, 3.8) is 0 Å². The third-order valence-electron chi connectivity index (χ3n) is 4.55. The molecule has 0 aliphatic carbocycles. The Kier molecular flexibility index (Phi) is 6.01. The minimum atomic E-state index is -0.679. The van der Waals surface area contributed by atoms with Crippen LogP contribution in [0.15, 0.2) is 48.5 Å². The average Bonchev–Trinajstić information content (AvgIpc) is 2.71. The van der Waals surface area contributed by atoms with E-state index >= 15 is 0 Å². The van der Waals surface area contributed by atoms with Gasteiger partial charge in [-0.25, -0.2) is 0 Å². The minimum Gasteiger partial charge on any atom is -0.497 e. The molecule has 8 nitrogen and oxygen atoms in total. The molecule has 3 rings (SSSR count). The van der Waals surface area contributed by atoms with Crippen molar-refractivity contribution in [3.05, 3.63) is 48.5 Å². The van der Waals surface area contributed by atoms with Gasteiger partial charge < -0.3 is 19.7 Å². The first kappa shape index (κ1) is 20.2. The highest BCUT2D eigenvalue weighted by Gasteiger charge is 2.33. The number of anilines is 2. The third-order valence-corrected chi connectivity index (χ3v) is 4.55. The Morgan fingerprint density at radius 2 is 1.86 bits per heavy atom. The van der Waals surface area contributed by atoms with E-state index in [-0.39, 0.29) is 30.8 Å². The fourth-order valence-electron chi connectivity index (χ4n) is 2.96. The van der Waals surface area contributed by atoms with E-state index in [4.69, 9.17) is 9.47 Å². The fraction of sp³-hybridized carbons (Fsp3) is 0.286. The monoisotopic (exact) mass is 397 g/mol. The van der Waals surface area contributed by atoms with Gasteiger partial charge in [0.05, 0.1) is 19.3 Å². The number of nitrogens with one attached hydrogen (secondary N) is 1. The molecule has 0 bridgehead atoms. The zero-order chi connectivity index (χ0) is 21.0. The van der Waals surface area contributed by atoms with Crippen molar-refractivity contribution in [1.82, 2.24) is 4.90 Å². The van der Waals surface area contributed by atoms with E-state index in [0.717, 1.165) is 0 Å². The number of ether oxygens (including phenoxy) is 2. The topological polar surface area (TPSA) is 88.2 Å². The summed E-state index contributed by atoms with van der Waals surface area (Å²) in [6, 6.07) is 13.9. The number of rotatable bonds is 6. The summed E-state index contributed by atoms with van der Waals surface area (Å²) in [6.07, 6.45) is -0.679. The van der Waals surface area contributed by atoms with Crippen molar-refractivity contribution in [2.75, 3.05) is 37.5 Å². The molecule has 0 spiro atoms. The number of hydrogen-bond donors (Lipinski definition) is 1. The van der Waals surface area contributed by atoms with Crippen LogP contribution >= 0.6 is 0 Å². The van der Waals surface area contributed by atoms with Gasteiger partial charge in [-0.05, 0) is 43.3 Å². The van der Waals surface area contributed by atoms with Gasteiger partial charge in [-0.1, -0.05) is 12.1 Å². The van der Waals surface area contributed by atoms with Crippen LogP contribution in [0.5, 0.6) is 11.5 Å². The van der Waals surface area contributed by atoms with E-state index in [2.05, 4.69) is 5.32 Å². The number of hydrogen-bond acceptors (Lipinski definition) is 5. The number of amides is 3. The highest BCUT2D eigenvalue weighted by Crippen LogP contribution is 2.33. The standard InChI is InChI=1S/C21H23N3O5/c1-14-21(27)24(17-6-4-5-7-18(17)29-14)13-20(26)23(2)12-19(25)22-15-8-10-16(28-3)11-9-15/h4-11,14H,12-13H2,1-3H3,(H,22,25). The largest absolute Gasteiger partial charge is 0.497 e. The molecule has 0 saturated heterocycles. The van der Waals surface area contributed by atoms with Crippen LogP contribution in [0.4, 0.5) is 11.4 Å². The smallest absolute Gasteiger partial charge is 0.268 e. The highest BCUT2D eigenvalue weighted by atomic mass is 16.5. The van der Waals surface area contributed by atoms with Crippen molar-refractivity contribution >= 4 is 29.1 Å². The first-order chi connectivity index (χ1) is 13.9. The maximum absolute atomic E-state index is 12.6. The van der Waals surface area contributed by atoms with Gasteiger partial charge in [0.15, 0.2) is 6.10 Å². The van der Waals surface area contributed by atoms with Crippen LogP contribution in [0.25, 0.3) is 0 Å². The number of carbonyl (C=O) groups excluding carboxylic acids is 3. The molecule has 2 aromatic carbocycles. The van der Waals surface area contributed by atoms with Gasteiger partial charge in [0, 0.05) is 12.7 Å². The molecular formula is C21H23N3O5. The van der Waals surface area contributed by atoms with Crippen molar-refractivity contribution in [1.29, 1.82) is 0 Å². The second-order valence-corrected chi connectivity index (χ2v) is 6.68. The Balaban J connectivity index is 1.61. The van der Waals surface area contributed by atoms with Crippen molar-refractivity contribution in [2.24, 2.45) is 0 Å². The molecule has 1 heterocycles. The van der Waals surface area contributed by atoms with E-state index in [9.17, 15) is 14.4 Å². The summed E-state index contributed by atoms with van der Waals surface area (Å²) in [7, 11) is 3.09. The molecule has 1 N–H and O–H groups in total. The molecule has 0 fully saturated rings. The summed E-state index contributed by atoms with van der Waals surface area (Å²) < 4.78 is 10.7. The summed E-state index contributed by atoms with van der Waals surface area (Å²) in [5.41, 5.74) is 1.14. The predicted octanol–water partition coefficient (Wildman–Crippen LogP) is 1.91. The van der Waals surface area contributed by atoms with Gasteiger partial charge in [-0.15, -0.1) is 0 Å². The van der Waals surface area contributed by atoms with Crippen LogP contribution in [0, 0.1) is 0 Å². The quantitative estimate of drug-likeness (QED) is 0.804. The van der Waals surface area contributed by atoms with Crippen LogP contribution in [-0.2, 0) is 14.4 Å². The Hall–Kier alpha value is -3.55. The number of carbonyl (C=O) groups is 3. The van der Waals surface area contributed by atoms with E-state index in [1.165, 1.54) is 16.8 Å². The Morgan fingerprint density at radius 1 is 1.17 bits per heavy atom. The molecule has 0 saturated carbocycles. The number of likely N-dealkylation sites (N-methyl/N-ethyl adjacent to an activating group) is 1. The number of para-hydroxylation sites is 2. The van der Waals surface area contributed by atoms with E-state index in [1.54, 1.807) is 62.6 Å². The second kappa shape index (κ2) is 8.64. The van der Waals surface area contributed by atoms with E-state index < -0.39 is 6.10 Å². The molecule has 2 aromatic rings. The summed E-state index contributed by atoms with van der Waals surface area (Å²) in [4.78, 5) is 40.1. The SMILES string of the molecule is COc1ccc(NC(=O)CN(C)C(=O)CN2C(=O)C(C)Oc3ccccc32)cc1. The molecule has 8 heteroatoms. The number of benzene rings is 2. The summed E-state index contributed by atoms with van der Waals surface area (Å²) in [6.45, 7) is 1.33. The maximum Gasteiger partial charge on any atom is 0.268 e. The van der Waals surface area contributed by atoms with Gasteiger partial charge in [-0.2, -0.15) is 0 Å².